The molecule has 2 nitrogen and oxygen atoms in total. The molecule has 3 fully saturated rings. The third-order valence-electron chi connectivity index (χ3n) is 4.02. The largest absolute Gasteiger partial charge is 0.379 e. The highest BCUT2D eigenvalue weighted by molar-refractivity contribution is 5.20. The standard InChI is InChI=1S/C9H15NO/c1-2-10-7-3-4-9(7)6-11-5-8(9)10/h7-8H,2-6H2,1H3. The van der Waals surface area contributed by atoms with Gasteiger partial charge < -0.3 is 4.74 Å². The molecule has 0 bridgehead atoms. The predicted molar refractivity (Wildman–Crippen MR) is 42.4 cm³/mol. The van der Waals surface area contributed by atoms with Gasteiger partial charge in [-0.2, -0.15) is 0 Å². The molecule has 2 aliphatic heterocycles. The van der Waals surface area contributed by atoms with Crippen molar-refractivity contribution in [3.8, 4) is 0 Å². The van der Waals surface area contributed by atoms with E-state index in [1.807, 2.05) is 0 Å². The van der Waals surface area contributed by atoms with Gasteiger partial charge in [-0.15, -0.1) is 0 Å². The van der Waals surface area contributed by atoms with Gasteiger partial charge in [0.05, 0.1) is 13.2 Å². The van der Waals surface area contributed by atoms with Gasteiger partial charge in [0.1, 0.15) is 0 Å². The topological polar surface area (TPSA) is 12.5 Å². The maximum absolute atomic E-state index is 5.55. The third kappa shape index (κ3) is 0.510. The maximum atomic E-state index is 5.55. The van der Waals surface area contributed by atoms with Gasteiger partial charge in [-0.25, -0.2) is 0 Å². The van der Waals surface area contributed by atoms with E-state index in [1.54, 1.807) is 0 Å². The molecule has 2 heterocycles. The number of piperidine rings is 1. The van der Waals surface area contributed by atoms with Gasteiger partial charge in [0.15, 0.2) is 0 Å². The highest BCUT2D eigenvalue weighted by Gasteiger charge is 2.67. The Balaban J connectivity index is 1.86. The van der Waals surface area contributed by atoms with E-state index in [0.717, 1.165) is 25.3 Å². The molecular weight excluding hydrogens is 138 g/mol. The molecule has 1 spiro atoms. The molecule has 3 atom stereocenters. The van der Waals surface area contributed by atoms with Gasteiger partial charge in [0.25, 0.3) is 0 Å². The number of likely N-dealkylation sites (tertiary alicyclic amines) is 1. The summed E-state index contributed by atoms with van der Waals surface area (Å²) >= 11 is 0. The summed E-state index contributed by atoms with van der Waals surface area (Å²) in [6, 6.07) is 1.70. The normalized spacial score (nSPS) is 54.3. The van der Waals surface area contributed by atoms with Gasteiger partial charge in [-0.3, -0.25) is 4.90 Å². The van der Waals surface area contributed by atoms with Crippen LogP contribution in [0.4, 0.5) is 0 Å². The fourth-order valence-electron chi connectivity index (χ4n) is 3.32. The van der Waals surface area contributed by atoms with Crippen LogP contribution in [0.2, 0.25) is 0 Å². The van der Waals surface area contributed by atoms with E-state index < -0.39 is 0 Å². The van der Waals surface area contributed by atoms with Crippen LogP contribution in [0.15, 0.2) is 0 Å². The van der Waals surface area contributed by atoms with Crippen molar-refractivity contribution in [1.82, 2.24) is 4.90 Å². The highest BCUT2D eigenvalue weighted by atomic mass is 16.5. The number of hydrogen-bond donors (Lipinski definition) is 0. The predicted octanol–water partition coefficient (Wildman–Crippen LogP) is 0.869. The first kappa shape index (κ1) is 6.44. The van der Waals surface area contributed by atoms with Crippen molar-refractivity contribution in [1.29, 1.82) is 0 Å². The Kier molecular flexibility index (Phi) is 1.06. The molecule has 1 aliphatic carbocycles. The number of likely N-dealkylation sites (N-methyl/N-ethyl adjacent to an activating group) is 1. The van der Waals surface area contributed by atoms with Crippen LogP contribution in [-0.4, -0.2) is 36.7 Å². The second kappa shape index (κ2) is 1.80. The molecule has 2 heteroatoms. The molecule has 11 heavy (non-hydrogen) atoms. The zero-order valence-electron chi connectivity index (χ0n) is 7.05. The van der Waals surface area contributed by atoms with E-state index in [0.29, 0.717) is 5.41 Å². The fraction of sp³-hybridized carbons (Fsp3) is 1.00. The van der Waals surface area contributed by atoms with Crippen molar-refractivity contribution < 1.29 is 4.74 Å². The molecular formula is C9H15NO. The summed E-state index contributed by atoms with van der Waals surface area (Å²) in [5.41, 5.74) is 0.649. The number of nitrogens with zero attached hydrogens (tertiary/aromatic N) is 1. The number of hydrogen-bond acceptors (Lipinski definition) is 2. The van der Waals surface area contributed by atoms with Crippen LogP contribution in [0.5, 0.6) is 0 Å². The summed E-state index contributed by atoms with van der Waals surface area (Å²) in [4.78, 5) is 2.62. The van der Waals surface area contributed by atoms with E-state index >= 15 is 0 Å². The fourth-order valence-corrected chi connectivity index (χ4v) is 3.32. The Hall–Kier alpha value is -0.0800. The lowest BCUT2D eigenvalue weighted by atomic mass is 9.54. The minimum Gasteiger partial charge on any atom is -0.379 e. The van der Waals surface area contributed by atoms with Crippen molar-refractivity contribution in [2.45, 2.75) is 31.8 Å². The summed E-state index contributed by atoms with van der Waals surface area (Å²) in [6.45, 7) is 5.55. The van der Waals surface area contributed by atoms with Gasteiger partial charge in [-0.1, -0.05) is 6.92 Å². The molecule has 0 aromatic rings. The lowest BCUT2D eigenvalue weighted by molar-refractivity contribution is -0.175. The molecule has 62 valence electrons. The maximum Gasteiger partial charge on any atom is 0.0629 e. The second-order valence-corrected chi connectivity index (χ2v) is 4.15. The van der Waals surface area contributed by atoms with E-state index in [2.05, 4.69) is 11.8 Å². The van der Waals surface area contributed by atoms with Crippen molar-refractivity contribution in [3.63, 3.8) is 0 Å². The van der Waals surface area contributed by atoms with Crippen LogP contribution in [0.25, 0.3) is 0 Å². The Labute approximate surface area is 67.5 Å². The molecule has 0 aromatic carbocycles. The highest BCUT2D eigenvalue weighted by Crippen LogP contribution is 2.60. The van der Waals surface area contributed by atoms with Gasteiger partial charge in [-0.05, 0) is 19.4 Å². The first-order valence-corrected chi connectivity index (χ1v) is 4.72. The average molecular weight is 153 g/mol. The summed E-state index contributed by atoms with van der Waals surface area (Å²) in [6.07, 6.45) is 2.85. The van der Waals surface area contributed by atoms with Crippen LogP contribution in [0.1, 0.15) is 19.8 Å². The van der Waals surface area contributed by atoms with E-state index in [1.165, 1.54) is 19.4 Å². The van der Waals surface area contributed by atoms with Crippen LogP contribution in [0, 0.1) is 5.41 Å². The molecule has 0 aromatic heterocycles. The lowest BCUT2D eigenvalue weighted by Gasteiger charge is -2.67. The van der Waals surface area contributed by atoms with Crippen molar-refractivity contribution >= 4 is 0 Å². The van der Waals surface area contributed by atoms with Crippen molar-refractivity contribution in [3.05, 3.63) is 0 Å². The van der Waals surface area contributed by atoms with Crippen LogP contribution in [-0.2, 0) is 4.74 Å². The van der Waals surface area contributed by atoms with E-state index in [4.69, 9.17) is 4.74 Å². The van der Waals surface area contributed by atoms with Gasteiger partial charge in [0, 0.05) is 17.5 Å². The summed E-state index contributed by atoms with van der Waals surface area (Å²) < 4.78 is 5.55. The monoisotopic (exact) mass is 153 g/mol. The zero-order chi connectivity index (χ0) is 7.47. The SMILES string of the molecule is CCN1C2CCC23COCC13. The van der Waals surface area contributed by atoms with Crippen molar-refractivity contribution in [2.75, 3.05) is 19.8 Å². The first-order chi connectivity index (χ1) is 5.38. The van der Waals surface area contributed by atoms with Gasteiger partial charge in [0.2, 0.25) is 0 Å². The number of ether oxygens (including phenoxy) is 1. The first-order valence-electron chi connectivity index (χ1n) is 4.72. The van der Waals surface area contributed by atoms with E-state index in [-0.39, 0.29) is 0 Å². The molecule has 3 rings (SSSR count). The Morgan fingerprint density at radius 2 is 2.45 bits per heavy atom. The Bertz CT molecular complexity index is 192. The minimum atomic E-state index is 0.649. The zero-order valence-corrected chi connectivity index (χ0v) is 7.05. The molecule has 0 N–H and O–H groups in total. The summed E-state index contributed by atoms with van der Waals surface area (Å²) in [7, 11) is 0. The van der Waals surface area contributed by atoms with E-state index in [9.17, 15) is 0 Å². The third-order valence-corrected chi connectivity index (χ3v) is 4.02. The van der Waals surface area contributed by atoms with Crippen molar-refractivity contribution in [2.24, 2.45) is 5.41 Å². The van der Waals surface area contributed by atoms with Crippen LogP contribution in [0.3, 0.4) is 0 Å². The minimum absolute atomic E-state index is 0.649. The number of rotatable bonds is 1. The molecule has 2 saturated heterocycles. The molecule has 3 aliphatic rings. The molecule has 0 amide bonds. The second-order valence-electron chi connectivity index (χ2n) is 4.15. The molecule has 1 saturated carbocycles. The average Bonchev–Trinajstić information content (AvgIpc) is 2.40. The molecule has 0 radical (unpaired) electrons. The smallest absolute Gasteiger partial charge is 0.0629 e. The summed E-state index contributed by atoms with van der Waals surface area (Å²) in [5, 5.41) is 0. The van der Waals surface area contributed by atoms with Crippen LogP contribution >= 0.6 is 0 Å². The molecule has 3 unspecified atom stereocenters. The quantitative estimate of drug-likeness (QED) is 0.554. The lowest BCUT2D eigenvalue weighted by Crippen LogP contribution is -2.76. The Morgan fingerprint density at radius 3 is 3.09 bits per heavy atom. The van der Waals surface area contributed by atoms with Crippen LogP contribution < -0.4 is 0 Å². The Morgan fingerprint density at radius 1 is 1.55 bits per heavy atom. The van der Waals surface area contributed by atoms with Gasteiger partial charge >= 0.3 is 0 Å². The summed E-state index contributed by atoms with van der Waals surface area (Å²) in [5.74, 6) is 0.